The van der Waals surface area contributed by atoms with Gasteiger partial charge in [0, 0.05) is 24.7 Å². The molecule has 1 N–H and O–H groups in total. The molecule has 6 rings (SSSR count). The van der Waals surface area contributed by atoms with Gasteiger partial charge in [0.15, 0.2) is 5.65 Å². The first-order valence-electron chi connectivity index (χ1n) is 17.6. The molecule has 0 unspecified atom stereocenters. The minimum atomic E-state index is -0.599. The van der Waals surface area contributed by atoms with Crippen molar-refractivity contribution in [3.63, 3.8) is 0 Å². The van der Waals surface area contributed by atoms with Crippen LogP contribution in [0.3, 0.4) is 0 Å². The summed E-state index contributed by atoms with van der Waals surface area (Å²) in [5, 5.41) is 3.42. The lowest BCUT2D eigenvalue weighted by atomic mass is 9.91. The number of hydrogen-bond acceptors (Lipinski definition) is 6. The first-order valence-corrected chi connectivity index (χ1v) is 17.6. The number of nitrogens with one attached hydrogen (secondary N) is 1. The molecule has 47 heavy (non-hydrogen) atoms. The molecule has 1 saturated heterocycles. The van der Waals surface area contributed by atoms with Gasteiger partial charge in [0.2, 0.25) is 0 Å². The second-order valence-corrected chi connectivity index (χ2v) is 13.4. The molecule has 250 valence electrons. The number of likely N-dealkylation sites (tertiary alicyclic amines) is 1. The predicted molar refractivity (Wildman–Crippen MR) is 188 cm³/mol. The summed E-state index contributed by atoms with van der Waals surface area (Å²) < 4.78 is 17.2. The van der Waals surface area contributed by atoms with Gasteiger partial charge >= 0.3 is 5.69 Å². The Morgan fingerprint density at radius 2 is 1.60 bits per heavy atom. The van der Waals surface area contributed by atoms with E-state index in [0.29, 0.717) is 30.6 Å². The van der Waals surface area contributed by atoms with Gasteiger partial charge in [-0.1, -0.05) is 50.2 Å². The molecule has 2 aromatic heterocycles. The number of pyridine rings is 1. The number of piperidine rings is 1. The van der Waals surface area contributed by atoms with E-state index >= 15 is 0 Å². The third-order valence-electron chi connectivity index (χ3n) is 10.3. The largest absolute Gasteiger partial charge is 0.337 e. The lowest BCUT2D eigenvalue weighted by molar-refractivity contribution is 0.104. The summed E-state index contributed by atoms with van der Waals surface area (Å²) in [7, 11) is 1.94. The fourth-order valence-corrected chi connectivity index (χ4v) is 7.74. The van der Waals surface area contributed by atoms with E-state index in [1.165, 1.54) is 59.5 Å². The Balaban J connectivity index is 1.24. The van der Waals surface area contributed by atoms with Crippen LogP contribution in [0, 0.1) is 5.82 Å². The Hall–Kier alpha value is -3.66. The molecule has 3 heterocycles. The maximum atomic E-state index is 14.4. The van der Waals surface area contributed by atoms with Crippen molar-refractivity contribution in [1.29, 1.82) is 0 Å². The zero-order valence-electron chi connectivity index (χ0n) is 28.1. The molecule has 2 aliphatic rings. The van der Waals surface area contributed by atoms with Crippen molar-refractivity contribution in [3.05, 3.63) is 93.0 Å². The van der Waals surface area contributed by atoms with Crippen molar-refractivity contribution in [2.45, 2.75) is 89.9 Å². The number of aromatic nitrogens is 3. The van der Waals surface area contributed by atoms with E-state index in [9.17, 15) is 14.0 Å². The molecular formula is C38H49FN6O2. The summed E-state index contributed by atoms with van der Waals surface area (Å²) in [6, 6.07) is 18.4. The van der Waals surface area contributed by atoms with Crippen molar-refractivity contribution in [1.82, 2.24) is 29.2 Å². The highest BCUT2D eigenvalue weighted by Crippen LogP contribution is 2.28. The van der Waals surface area contributed by atoms with E-state index in [2.05, 4.69) is 58.2 Å². The van der Waals surface area contributed by atoms with E-state index in [0.717, 1.165) is 49.8 Å². The maximum absolute atomic E-state index is 14.4. The second kappa shape index (κ2) is 15.0. The van der Waals surface area contributed by atoms with Gasteiger partial charge in [-0.15, -0.1) is 0 Å². The molecule has 0 bridgehead atoms. The molecule has 4 aromatic rings. The normalized spacial score (nSPS) is 19.5. The van der Waals surface area contributed by atoms with Crippen LogP contribution in [0.1, 0.15) is 76.8 Å². The first-order chi connectivity index (χ1) is 22.9. The highest BCUT2D eigenvalue weighted by molar-refractivity contribution is 5.76. The zero-order chi connectivity index (χ0) is 32.9. The molecule has 0 amide bonds. The van der Waals surface area contributed by atoms with Gasteiger partial charge in [-0.2, -0.15) is 0 Å². The number of rotatable bonds is 11. The Morgan fingerprint density at radius 1 is 0.894 bits per heavy atom. The predicted octanol–water partition coefficient (Wildman–Crippen LogP) is 6.14. The molecule has 1 saturated carbocycles. The fraction of sp³-hybridized carbons (Fsp3) is 0.500. The quantitative estimate of drug-likeness (QED) is 0.212. The number of fused-ring (bicyclic) bond motifs is 1. The molecule has 2 fully saturated rings. The van der Waals surface area contributed by atoms with Gasteiger partial charge in [-0.3, -0.25) is 14.3 Å². The van der Waals surface area contributed by atoms with E-state index in [1.54, 1.807) is 0 Å². The molecule has 0 atom stereocenters. The minimum absolute atomic E-state index is 0.113. The molecule has 2 aromatic carbocycles. The monoisotopic (exact) mass is 640 g/mol. The van der Waals surface area contributed by atoms with Crippen molar-refractivity contribution >= 4 is 11.0 Å². The van der Waals surface area contributed by atoms with E-state index in [4.69, 9.17) is 0 Å². The van der Waals surface area contributed by atoms with Crippen molar-refractivity contribution in [2.75, 3.05) is 33.2 Å². The fourth-order valence-electron chi connectivity index (χ4n) is 7.74. The summed E-state index contributed by atoms with van der Waals surface area (Å²) in [4.78, 5) is 37.2. The van der Waals surface area contributed by atoms with Crippen LogP contribution in [0.15, 0.2) is 70.4 Å². The minimum Gasteiger partial charge on any atom is -0.317 e. The van der Waals surface area contributed by atoms with Crippen LogP contribution in [0.2, 0.25) is 0 Å². The van der Waals surface area contributed by atoms with Crippen LogP contribution >= 0.6 is 0 Å². The van der Waals surface area contributed by atoms with Crippen LogP contribution in [-0.4, -0.2) is 69.2 Å². The van der Waals surface area contributed by atoms with Crippen molar-refractivity contribution in [2.24, 2.45) is 0 Å². The molecule has 0 spiro atoms. The van der Waals surface area contributed by atoms with Crippen LogP contribution in [0.4, 0.5) is 4.39 Å². The van der Waals surface area contributed by atoms with Gasteiger partial charge in [0.05, 0.1) is 17.3 Å². The Morgan fingerprint density at radius 3 is 2.26 bits per heavy atom. The van der Waals surface area contributed by atoms with Crippen LogP contribution < -0.4 is 16.6 Å². The van der Waals surface area contributed by atoms with Crippen molar-refractivity contribution in [3.8, 4) is 16.8 Å². The van der Waals surface area contributed by atoms with Gasteiger partial charge in [-0.25, -0.2) is 18.7 Å². The van der Waals surface area contributed by atoms with Crippen LogP contribution in [0.25, 0.3) is 27.8 Å². The second-order valence-electron chi connectivity index (χ2n) is 13.4. The third kappa shape index (κ3) is 7.27. The summed E-state index contributed by atoms with van der Waals surface area (Å²) in [6.07, 6.45) is 9.09. The third-order valence-corrected chi connectivity index (χ3v) is 10.3. The lowest BCUT2D eigenvalue weighted by Crippen LogP contribution is -2.45. The Labute approximate surface area is 277 Å². The van der Waals surface area contributed by atoms with Gasteiger partial charge < -0.3 is 10.2 Å². The van der Waals surface area contributed by atoms with E-state index in [-0.39, 0.29) is 17.1 Å². The van der Waals surface area contributed by atoms with Crippen LogP contribution in [-0.2, 0) is 6.54 Å². The SMILES string of the molecule is CCCN(CCC)C1CCN(Cc2ccc(-c3cccc(-n4c(=O)n(C5CCC(NC)CC5)c(=O)c5cc(F)cnc54)c3)cc2)CC1. The number of nitrogens with zero attached hydrogens (tertiary/aromatic N) is 5. The highest BCUT2D eigenvalue weighted by Gasteiger charge is 2.27. The first kappa shape index (κ1) is 33.2. The van der Waals surface area contributed by atoms with E-state index in [1.807, 2.05) is 31.3 Å². The average Bonchev–Trinajstić information content (AvgIpc) is 3.10. The number of halogens is 1. The van der Waals surface area contributed by atoms with Crippen molar-refractivity contribution < 1.29 is 4.39 Å². The molecule has 1 aliphatic carbocycles. The lowest BCUT2D eigenvalue weighted by Gasteiger charge is -2.38. The Kier molecular flexibility index (Phi) is 10.6. The topological polar surface area (TPSA) is 75.4 Å². The average molecular weight is 641 g/mol. The zero-order valence-corrected chi connectivity index (χ0v) is 28.1. The van der Waals surface area contributed by atoms with E-state index < -0.39 is 17.1 Å². The van der Waals surface area contributed by atoms with Crippen LogP contribution in [0.5, 0.6) is 0 Å². The summed E-state index contributed by atoms with van der Waals surface area (Å²) >= 11 is 0. The molecule has 9 heteroatoms. The summed E-state index contributed by atoms with van der Waals surface area (Å²) in [6.45, 7) is 10.1. The van der Waals surface area contributed by atoms with Gasteiger partial charge in [-0.05, 0) is 119 Å². The highest BCUT2D eigenvalue weighted by atomic mass is 19.1. The Bertz CT molecular complexity index is 1760. The molecule has 1 aliphatic heterocycles. The maximum Gasteiger partial charge on any atom is 0.337 e. The standard InChI is InChI=1S/C38H49FN6O2/c1-4-19-43(20-5-2)32-17-21-42(22-18-32)26-27-9-11-28(12-10-27)29-7-6-8-34(23-29)44-36-35(24-30(39)25-41-36)37(46)45(38(44)47)33-15-13-31(40-3)14-16-33/h6-12,23-25,31-33,40H,4-5,13-22,26H2,1-3H3. The molecular weight excluding hydrogens is 591 g/mol. The number of benzene rings is 2. The summed E-state index contributed by atoms with van der Waals surface area (Å²) in [5.74, 6) is -0.599. The molecule has 8 nitrogen and oxygen atoms in total. The van der Waals surface area contributed by atoms with Gasteiger partial charge in [0.25, 0.3) is 5.56 Å². The molecule has 0 radical (unpaired) electrons. The summed E-state index contributed by atoms with van der Waals surface area (Å²) in [5.41, 5.74) is 3.15. The number of hydrogen-bond donors (Lipinski definition) is 1. The smallest absolute Gasteiger partial charge is 0.317 e. The van der Waals surface area contributed by atoms with Gasteiger partial charge in [0.1, 0.15) is 5.82 Å².